The van der Waals surface area contributed by atoms with Crippen molar-refractivity contribution in [3.8, 4) is 0 Å². The monoisotopic (exact) mass is 326 g/mol. The van der Waals surface area contributed by atoms with Gasteiger partial charge in [0, 0.05) is 5.56 Å². The standard InChI is InChI=1S/C9H5Cl3N2O3S/c10-9(11,12)8-14-18(15,16)13-7(17-8)6-4-2-1-3-5-6/h1-5H. The number of halogens is 3. The third-order valence-corrected chi connectivity index (χ3v) is 3.13. The van der Waals surface area contributed by atoms with Crippen LogP contribution < -0.4 is 0 Å². The zero-order valence-electron chi connectivity index (χ0n) is 8.55. The van der Waals surface area contributed by atoms with Gasteiger partial charge in [-0.05, 0) is 12.1 Å². The first-order chi connectivity index (χ1) is 8.28. The second-order valence-corrected chi connectivity index (χ2v) is 6.75. The molecule has 0 N–H and O–H groups in total. The van der Waals surface area contributed by atoms with Gasteiger partial charge in [0.05, 0.1) is 0 Å². The lowest BCUT2D eigenvalue weighted by Crippen LogP contribution is -2.30. The van der Waals surface area contributed by atoms with Crippen molar-refractivity contribution in [2.24, 2.45) is 8.80 Å². The highest BCUT2D eigenvalue weighted by Crippen LogP contribution is 2.31. The van der Waals surface area contributed by atoms with Gasteiger partial charge in [-0.1, -0.05) is 53.0 Å². The van der Waals surface area contributed by atoms with Crippen molar-refractivity contribution in [2.45, 2.75) is 3.79 Å². The van der Waals surface area contributed by atoms with E-state index in [-0.39, 0.29) is 5.90 Å². The van der Waals surface area contributed by atoms with Gasteiger partial charge < -0.3 is 4.74 Å². The summed E-state index contributed by atoms with van der Waals surface area (Å²) in [6, 6.07) is 8.35. The molecule has 1 aromatic carbocycles. The number of rotatable bonds is 1. The highest BCUT2D eigenvalue weighted by Gasteiger charge is 2.36. The summed E-state index contributed by atoms with van der Waals surface area (Å²) in [5, 5.41) is 0. The van der Waals surface area contributed by atoms with Crippen molar-refractivity contribution in [3.63, 3.8) is 0 Å². The van der Waals surface area contributed by atoms with E-state index in [0.29, 0.717) is 5.56 Å². The summed E-state index contributed by atoms with van der Waals surface area (Å²) in [6.07, 6.45) is 0. The molecule has 0 amide bonds. The van der Waals surface area contributed by atoms with Crippen LogP contribution in [-0.4, -0.2) is 24.0 Å². The highest BCUT2D eigenvalue weighted by molar-refractivity contribution is 7.89. The van der Waals surface area contributed by atoms with Crippen molar-refractivity contribution in [1.82, 2.24) is 0 Å². The van der Waals surface area contributed by atoms with Crippen LogP contribution in [0.3, 0.4) is 0 Å². The van der Waals surface area contributed by atoms with Gasteiger partial charge in [0.1, 0.15) is 0 Å². The van der Waals surface area contributed by atoms with E-state index >= 15 is 0 Å². The molecule has 0 aromatic heterocycles. The first-order valence-corrected chi connectivity index (χ1v) is 7.06. The van der Waals surface area contributed by atoms with E-state index in [0.717, 1.165) is 0 Å². The molecule has 0 aliphatic carbocycles. The average Bonchev–Trinajstić information content (AvgIpc) is 2.27. The van der Waals surface area contributed by atoms with Gasteiger partial charge in [-0.2, -0.15) is 8.42 Å². The molecule has 9 heteroatoms. The van der Waals surface area contributed by atoms with E-state index in [1.165, 1.54) is 0 Å². The summed E-state index contributed by atoms with van der Waals surface area (Å²) < 4.78 is 32.4. The van der Waals surface area contributed by atoms with Gasteiger partial charge in [0.2, 0.25) is 5.90 Å². The van der Waals surface area contributed by atoms with Crippen LogP contribution in [0.4, 0.5) is 0 Å². The Morgan fingerprint density at radius 1 is 1.06 bits per heavy atom. The van der Waals surface area contributed by atoms with Gasteiger partial charge in [0.15, 0.2) is 0 Å². The predicted molar refractivity (Wildman–Crippen MR) is 70.7 cm³/mol. The van der Waals surface area contributed by atoms with Crippen LogP contribution in [0.1, 0.15) is 5.56 Å². The second kappa shape index (κ2) is 4.70. The lowest BCUT2D eigenvalue weighted by molar-refractivity contribution is 0.525. The molecule has 0 radical (unpaired) electrons. The molecule has 1 aromatic rings. The van der Waals surface area contributed by atoms with Crippen molar-refractivity contribution in [1.29, 1.82) is 0 Å². The summed E-state index contributed by atoms with van der Waals surface area (Å²) in [7, 11) is -4.11. The number of hydrogen-bond donors (Lipinski definition) is 0. The maximum absolute atomic E-state index is 11.5. The van der Waals surface area contributed by atoms with E-state index in [2.05, 4.69) is 8.80 Å². The molecule has 0 saturated carbocycles. The Bertz CT molecular complexity index is 620. The molecule has 18 heavy (non-hydrogen) atoms. The summed E-state index contributed by atoms with van der Waals surface area (Å²) in [4.78, 5) is 0. The van der Waals surface area contributed by atoms with E-state index in [4.69, 9.17) is 39.5 Å². The fourth-order valence-corrected chi connectivity index (χ4v) is 2.33. The first-order valence-electron chi connectivity index (χ1n) is 4.53. The molecule has 1 heterocycles. The number of hydrogen-bond acceptors (Lipinski definition) is 3. The minimum absolute atomic E-state index is 0.188. The van der Waals surface area contributed by atoms with Crippen LogP contribution in [0.2, 0.25) is 0 Å². The molecule has 2 rings (SSSR count). The zero-order valence-corrected chi connectivity index (χ0v) is 11.6. The summed E-state index contributed by atoms with van der Waals surface area (Å²) in [6.45, 7) is 0. The van der Waals surface area contributed by atoms with E-state index in [9.17, 15) is 8.42 Å². The SMILES string of the molecule is O=S1(=O)N=C(c2ccccc2)OC(C(Cl)(Cl)Cl)=N1. The first kappa shape index (κ1) is 13.6. The molecule has 1 aliphatic rings. The van der Waals surface area contributed by atoms with Crippen LogP contribution in [0.5, 0.6) is 0 Å². The largest absolute Gasteiger partial charge is 0.418 e. The summed E-state index contributed by atoms with van der Waals surface area (Å²) in [5.74, 6) is -0.742. The zero-order chi connectivity index (χ0) is 13.4. The Kier molecular flexibility index (Phi) is 3.55. The fourth-order valence-electron chi connectivity index (χ4n) is 1.16. The summed E-state index contributed by atoms with van der Waals surface area (Å²) in [5.41, 5.74) is 0.433. The van der Waals surface area contributed by atoms with Gasteiger partial charge in [-0.25, -0.2) is 0 Å². The van der Waals surface area contributed by atoms with Gasteiger partial charge in [-0.3, -0.25) is 0 Å². The Labute approximate surface area is 118 Å². The molecule has 0 unspecified atom stereocenters. The number of benzene rings is 1. The molecule has 1 aliphatic heterocycles. The molecule has 5 nitrogen and oxygen atoms in total. The van der Waals surface area contributed by atoms with E-state index < -0.39 is 19.9 Å². The Morgan fingerprint density at radius 2 is 1.67 bits per heavy atom. The molecule has 0 saturated heterocycles. The normalized spacial score (nSPS) is 18.6. The maximum atomic E-state index is 11.5. The molecule has 0 bridgehead atoms. The molecular formula is C9H5Cl3N2O3S. The highest BCUT2D eigenvalue weighted by atomic mass is 35.6. The quantitative estimate of drug-likeness (QED) is 0.744. The number of alkyl halides is 3. The van der Waals surface area contributed by atoms with Crippen LogP contribution >= 0.6 is 34.8 Å². The molecule has 96 valence electrons. The smallest absolute Gasteiger partial charge is 0.369 e. The third kappa shape index (κ3) is 3.14. The van der Waals surface area contributed by atoms with Crippen molar-refractivity contribution >= 4 is 56.8 Å². The van der Waals surface area contributed by atoms with Gasteiger partial charge in [-0.15, -0.1) is 8.80 Å². The van der Waals surface area contributed by atoms with Crippen molar-refractivity contribution < 1.29 is 13.2 Å². The van der Waals surface area contributed by atoms with Crippen LogP contribution in [0.15, 0.2) is 39.1 Å². The Balaban J connectivity index is 2.46. The molecule has 0 atom stereocenters. The second-order valence-electron chi connectivity index (χ2n) is 3.21. The summed E-state index contributed by atoms with van der Waals surface area (Å²) >= 11 is 16.6. The van der Waals surface area contributed by atoms with Crippen LogP contribution in [-0.2, 0) is 14.9 Å². The lowest BCUT2D eigenvalue weighted by Gasteiger charge is -2.18. The maximum Gasteiger partial charge on any atom is 0.369 e. The minimum Gasteiger partial charge on any atom is -0.418 e. The lowest BCUT2D eigenvalue weighted by atomic mass is 10.2. The molecular weight excluding hydrogens is 323 g/mol. The molecule has 0 fully saturated rings. The minimum atomic E-state index is -4.11. The Morgan fingerprint density at radius 3 is 2.22 bits per heavy atom. The molecule has 0 spiro atoms. The van der Waals surface area contributed by atoms with E-state index in [1.54, 1.807) is 30.3 Å². The number of nitrogens with zero attached hydrogens (tertiary/aromatic N) is 2. The topological polar surface area (TPSA) is 68.1 Å². The third-order valence-electron chi connectivity index (χ3n) is 1.85. The van der Waals surface area contributed by atoms with Crippen molar-refractivity contribution in [2.75, 3.05) is 0 Å². The van der Waals surface area contributed by atoms with Crippen LogP contribution in [0.25, 0.3) is 0 Å². The average molecular weight is 328 g/mol. The number of ether oxygens (including phenoxy) is 1. The Hall–Kier alpha value is -0.820. The van der Waals surface area contributed by atoms with E-state index in [1.807, 2.05) is 0 Å². The van der Waals surface area contributed by atoms with Crippen LogP contribution in [0, 0.1) is 0 Å². The van der Waals surface area contributed by atoms with Gasteiger partial charge in [0.25, 0.3) is 9.69 Å². The fraction of sp³-hybridized carbons (Fsp3) is 0.111. The predicted octanol–water partition coefficient (Wildman–Crippen LogP) is 2.48. The van der Waals surface area contributed by atoms with Crippen molar-refractivity contribution in [3.05, 3.63) is 35.9 Å². The van der Waals surface area contributed by atoms with Gasteiger partial charge >= 0.3 is 10.2 Å².